The number of hydrogen-bond acceptors (Lipinski definition) is 6. The third-order valence-electron chi connectivity index (χ3n) is 5.23. The van der Waals surface area contributed by atoms with E-state index in [1.165, 1.54) is 23.5 Å². The Morgan fingerprint density at radius 3 is 2.65 bits per heavy atom. The number of carbonyl (C=O) groups excluding carboxylic acids is 2. The molecule has 1 aromatic carbocycles. The summed E-state index contributed by atoms with van der Waals surface area (Å²) in [5.41, 5.74) is 1.39. The molecule has 1 aromatic heterocycles. The summed E-state index contributed by atoms with van der Waals surface area (Å²) >= 11 is 1.40. The van der Waals surface area contributed by atoms with Gasteiger partial charge in [0.05, 0.1) is 22.8 Å². The van der Waals surface area contributed by atoms with E-state index in [1.54, 1.807) is 6.92 Å². The molecule has 168 valence electrons. The van der Waals surface area contributed by atoms with Gasteiger partial charge in [-0.1, -0.05) is 6.92 Å². The summed E-state index contributed by atoms with van der Waals surface area (Å²) in [6.07, 6.45) is 2.71. The average Bonchev–Trinajstić information content (AvgIpc) is 3.05. The average molecular weight is 468 g/mol. The van der Waals surface area contributed by atoms with E-state index in [0.29, 0.717) is 16.5 Å². The lowest BCUT2D eigenvalue weighted by atomic mass is 9.88. The highest BCUT2D eigenvalue weighted by Crippen LogP contribution is 2.40. The summed E-state index contributed by atoms with van der Waals surface area (Å²) in [5.74, 6) is -1.02. The van der Waals surface area contributed by atoms with Gasteiger partial charge in [-0.2, -0.15) is 0 Å². The normalized spacial score (nSPS) is 15.9. The lowest BCUT2D eigenvalue weighted by Gasteiger charge is -2.18. The standard InChI is InChI=1S/C22H26FNO5S2/c1-3-29-22(26)20-17-11-6-14(2)13-18(17)30-21(20)24-19(25)5-4-12-31(27,28)16-9-7-15(23)8-10-16/h7-10,14H,3-6,11-13H2,1-2H3,(H,24,25). The Kier molecular flexibility index (Phi) is 7.48. The summed E-state index contributed by atoms with van der Waals surface area (Å²) in [5, 5.41) is 3.27. The second-order valence-electron chi connectivity index (χ2n) is 7.70. The first-order chi connectivity index (χ1) is 14.7. The molecule has 0 bridgehead atoms. The smallest absolute Gasteiger partial charge is 0.341 e. The fourth-order valence-electron chi connectivity index (χ4n) is 3.63. The van der Waals surface area contributed by atoms with Crippen molar-refractivity contribution in [2.45, 2.75) is 50.8 Å². The number of anilines is 1. The molecule has 1 aliphatic carbocycles. The van der Waals surface area contributed by atoms with Crippen LogP contribution in [0.15, 0.2) is 29.2 Å². The van der Waals surface area contributed by atoms with E-state index in [-0.39, 0.29) is 36.0 Å². The van der Waals surface area contributed by atoms with Gasteiger partial charge in [0.15, 0.2) is 9.84 Å². The molecule has 1 aliphatic rings. The van der Waals surface area contributed by atoms with Crippen LogP contribution in [0.2, 0.25) is 0 Å². The first kappa shape index (κ1) is 23.4. The number of sulfone groups is 1. The van der Waals surface area contributed by atoms with Crippen LogP contribution >= 0.6 is 11.3 Å². The van der Waals surface area contributed by atoms with Crippen molar-refractivity contribution in [2.24, 2.45) is 5.92 Å². The number of fused-ring (bicyclic) bond motifs is 1. The molecule has 0 spiro atoms. The van der Waals surface area contributed by atoms with Gasteiger partial charge < -0.3 is 10.1 Å². The highest BCUT2D eigenvalue weighted by molar-refractivity contribution is 7.91. The van der Waals surface area contributed by atoms with Crippen LogP contribution in [0.3, 0.4) is 0 Å². The van der Waals surface area contributed by atoms with Crippen molar-refractivity contribution in [3.63, 3.8) is 0 Å². The summed E-state index contributed by atoms with van der Waals surface area (Å²) in [6.45, 7) is 4.14. The Morgan fingerprint density at radius 2 is 1.97 bits per heavy atom. The zero-order valence-corrected chi connectivity index (χ0v) is 19.2. The van der Waals surface area contributed by atoms with E-state index in [9.17, 15) is 22.4 Å². The molecule has 6 nitrogen and oxygen atoms in total. The van der Waals surface area contributed by atoms with Crippen LogP contribution in [0.25, 0.3) is 0 Å². The Bertz CT molecular complexity index is 1060. The third kappa shape index (κ3) is 5.71. The second kappa shape index (κ2) is 9.91. The van der Waals surface area contributed by atoms with Crippen LogP contribution in [0.5, 0.6) is 0 Å². The highest BCUT2D eigenvalue weighted by atomic mass is 32.2. The van der Waals surface area contributed by atoms with Crippen LogP contribution in [0.4, 0.5) is 9.39 Å². The molecule has 0 aliphatic heterocycles. The van der Waals surface area contributed by atoms with Crippen LogP contribution in [-0.2, 0) is 32.2 Å². The number of halogens is 1. The molecule has 1 N–H and O–H groups in total. The van der Waals surface area contributed by atoms with Gasteiger partial charge in [0.2, 0.25) is 5.91 Å². The van der Waals surface area contributed by atoms with Gasteiger partial charge in [-0.05, 0) is 68.4 Å². The maximum absolute atomic E-state index is 13.0. The van der Waals surface area contributed by atoms with Gasteiger partial charge in [0.1, 0.15) is 10.8 Å². The molecule has 3 rings (SSSR count). The molecule has 0 saturated heterocycles. The molecule has 2 aromatic rings. The number of thiophene rings is 1. The van der Waals surface area contributed by atoms with Crippen molar-refractivity contribution in [2.75, 3.05) is 17.7 Å². The lowest BCUT2D eigenvalue weighted by Crippen LogP contribution is -2.17. The molecule has 0 radical (unpaired) electrons. The Balaban J connectivity index is 1.66. The summed E-state index contributed by atoms with van der Waals surface area (Å²) < 4.78 is 42.9. The SMILES string of the molecule is CCOC(=O)c1c(NC(=O)CCCS(=O)(=O)c2ccc(F)cc2)sc2c1CCC(C)C2. The first-order valence-corrected chi connectivity index (χ1v) is 12.8. The van der Waals surface area contributed by atoms with Crippen molar-refractivity contribution in [1.29, 1.82) is 0 Å². The number of amides is 1. The quantitative estimate of drug-likeness (QED) is 0.460. The van der Waals surface area contributed by atoms with E-state index in [2.05, 4.69) is 12.2 Å². The third-order valence-corrected chi connectivity index (χ3v) is 8.22. The maximum atomic E-state index is 13.0. The van der Waals surface area contributed by atoms with Crippen molar-refractivity contribution >= 4 is 38.1 Å². The second-order valence-corrected chi connectivity index (χ2v) is 10.9. The first-order valence-electron chi connectivity index (χ1n) is 10.3. The molecular formula is C22H26FNO5S2. The number of ether oxygens (including phenoxy) is 1. The van der Waals surface area contributed by atoms with Crippen molar-refractivity contribution < 1.29 is 27.1 Å². The van der Waals surface area contributed by atoms with Gasteiger partial charge in [0, 0.05) is 11.3 Å². The monoisotopic (exact) mass is 467 g/mol. The maximum Gasteiger partial charge on any atom is 0.341 e. The van der Waals surface area contributed by atoms with Crippen LogP contribution in [0.1, 0.15) is 53.9 Å². The van der Waals surface area contributed by atoms with Gasteiger partial charge >= 0.3 is 5.97 Å². The van der Waals surface area contributed by atoms with E-state index in [1.807, 2.05) is 0 Å². The fourth-order valence-corrected chi connectivity index (χ4v) is 6.36. The zero-order valence-electron chi connectivity index (χ0n) is 17.6. The molecule has 0 saturated carbocycles. The van der Waals surface area contributed by atoms with Gasteiger partial charge in [-0.15, -0.1) is 11.3 Å². The minimum absolute atomic E-state index is 0.0122. The minimum Gasteiger partial charge on any atom is -0.462 e. The van der Waals surface area contributed by atoms with Gasteiger partial charge in [-0.3, -0.25) is 4.79 Å². The molecule has 0 fully saturated rings. The molecule has 1 atom stereocenters. The van der Waals surface area contributed by atoms with Crippen molar-refractivity contribution in [1.82, 2.24) is 0 Å². The minimum atomic E-state index is -3.60. The number of hydrogen-bond donors (Lipinski definition) is 1. The number of esters is 1. The van der Waals surface area contributed by atoms with E-state index < -0.39 is 21.6 Å². The summed E-state index contributed by atoms with van der Waals surface area (Å²) in [4.78, 5) is 26.1. The van der Waals surface area contributed by atoms with Crippen LogP contribution in [0, 0.1) is 11.7 Å². The largest absolute Gasteiger partial charge is 0.462 e. The molecular weight excluding hydrogens is 441 g/mol. The number of nitrogens with one attached hydrogen (secondary N) is 1. The highest BCUT2D eigenvalue weighted by Gasteiger charge is 2.29. The molecule has 1 unspecified atom stereocenters. The predicted molar refractivity (Wildman–Crippen MR) is 118 cm³/mol. The predicted octanol–water partition coefficient (Wildman–Crippen LogP) is 4.38. The Hall–Kier alpha value is -2.26. The van der Waals surface area contributed by atoms with Crippen LogP contribution < -0.4 is 5.32 Å². The molecule has 1 amide bonds. The van der Waals surface area contributed by atoms with Gasteiger partial charge in [-0.25, -0.2) is 17.6 Å². The topological polar surface area (TPSA) is 89.5 Å². The number of benzene rings is 1. The summed E-state index contributed by atoms with van der Waals surface area (Å²) in [6, 6.07) is 4.62. The van der Waals surface area contributed by atoms with E-state index in [4.69, 9.17) is 4.74 Å². The molecule has 31 heavy (non-hydrogen) atoms. The van der Waals surface area contributed by atoms with Gasteiger partial charge in [0.25, 0.3) is 0 Å². The zero-order chi connectivity index (χ0) is 22.6. The Morgan fingerprint density at radius 1 is 1.26 bits per heavy atom. The molecule has 1 heterocycles. The lowest BCUT2D eigenvalue weighted by molar-refractivity contribution is -0.116. The number of carbonyl (C=O) groups is 2. The fraction of sp³-hybridized carbons (Fsp3) is 0.455. The van der Waals surface area contributed by atoms with E-state index >= 15 is 0 Å². The van der Waals surface area contributed by atoms with Crippen molar-refractivity contribution in [3.05, 3.63) is 46.1 Å². The van der Waals surface area contributed by atoms with Crippen LogP contribution in [-0.4, -0.2) is 32.7 Å². The molecule has 9 heteroatoms. The summed E-state index contributed by atoms with van der Waals surface area (Å²) in [7, 11) is -3.60. The van der Waals surface area contributed by atoms with Crippen molar-refractivity contribution in [3.8, 4) is 0 Å². The number of rotatable bonds is 8. The van der Waals surface area contributed by atoms with E-state index in [0.717, 1.165) is 41.8 Å². The Labute approximate surface area is 185 Å².